The number of ether oxygens (including phenoxy) is 1. The van der Waals surface area contributed by atoms with Crippen molar-refractivity contribution in [3.63, 3.8) is 0 Å². The molecule has 23 heavy (non-hydrogen) atoms. The molecule has 1 aliphatic rings. The lowest BCUT2D eigenvalue weighted by atomic mass is 10.1. The molecule has 4 rings (SSSR count). The first kappa shape index (κ1) is 13.9. The molecule has 1 N–H and O–H groups in total. The average molecular weight is 309 g/mol. The molecule has 5 heteroatoms. The Bertz CT molecular complexity index is 881. The van der Waals surface area contributed by atoms with E-state index < -0.39 is 5.82 Å². The van der Waals surface area contributed by atoms with Gasteiger partial charge in [-0.1, -0.05) is 24.3 Å². The van der Waals surface area contributed by atoms with Crippen LogP contribution in [-0.4, -0.2) is 17.1 Å². The van der Waals surface area contributed by atoms with Crippen molar-refractivity contribution >= 4 is 16.7 Å². The van der Waals surface area contributed by atoms with E-state index in [0.717, 1.165) is 18.2 Å². The molecule has 0 amide bonds. The number of fused-ring (bicyclic) bond motifs is 2. The Hall–Kier alpha value is -2.69. The van der Waals surface area contributed by atoms with Gasteiger partial charge in [0.15, 0.2) is 11.6 Å². The molecule has 1 unspecified atom stereocenters. The summed E-state index contributed by atoms with van der Waals surface area (Å²) in [7, 11) is 1.45. The van der Waals surface area contributed by atoms with Crippen molar-refractivity contribution in [3.05, 3.63) is 59.7 Å². The third-order valence-electron chi connectivity index (χ3n) is 4.35. The molecule has 0 bridgehead atoms. The van der Waals surface area contributed by atoms with E-state index in [0.29, 0.717) is 11.3 Å². The first-order valence-corrected chi connectivity index (χ1v) is 7.59. The molecule has 0 fully saturated rings. The van der Waals surface area contributed by atoms with Crippen molar-refractivity contribution < 1.29 is 9.13 Å². The molecule has 4 nitrogen and oxygen atoms in total. The topological polar surface area (TPSA) is 47.0 Å². The van der Waals surface area contributed by atoms with E-state index in [1.54, 1.807) is 6.07 Å². The molecule has 1 atom stereocenters. The van der Waals surface area contributed by atoms with Gasteiger partial charge in [-0.2, -0.15) is 0 Å². The summed E-state index contributed by atoms with van der Waals surface area (Å²) >= 11 is 0. The van der Waals surface area contributed by atoms with Gasteiger partial charge in [0.2, 0.25) is 0 Å². The number of nitrogens with zero attached hydrogens (tertiary/aromatic N) is 2. The largest absolute Gasteiger partial charge is 0.494 e. The minimum absolute atomic E-state index is 0.196. The zero-order valence-corrected chi connectivity index (χ0v) is 12.7. The van der Waals surface area contributed by atoms with Crippen LogP contribution in [0.5, 0.6) is 5.75 Å². The van der Waals surface area contributed by atoms with Crippen LogP contribution in [0.2, 0.25) is 0 Å². The fourth-order valence-corrected chi connectivity index (χ4v) is 3.20. The Balaban J connectivity index is 1.75. The van der Waals surface area contributed by atoms with Gasteiger partial charge in [-0.3, -0.25) is 0 Å². The second-order valence-electron chi connectivity index (χ2n) is 5.66. The fraction of sp³-hybridized carbons (Fsp3) is 0.222. The fourth-order valence-electron chi connectivity index (χ4n) is 3.20. The second kappa shape index (κ2) is 5.50. The predicted molar refractivity (Wildman–Crippen MR) is 87.2 cm³/mol. The van der Waals surface area contributed by atoms with Crippen molar-refractivity contribution in [2.45, 2.75) is 18.9 Å². The summed E-state index contributed by atoms with van der Waals surface area (Å²) in [6.07, 6.45) is 3.52. The summed E-state index contributed by atoms with van der Waals surface area (Å²) in [5.41, 5.74) is 3.23. The molecule has 0 saturated carbocycles. The number of aryl methyl sites for hydroxylation is 1. The summed E-state index contributed by atoms with van der Waals surface area (Å²) in [6.45, 7) is 0. The van der Waals surface area contributed by atoms with Gasteiger partial charge in [-0.05, 0) is 30.0 Å². The van der Waals surface area contributed by atoms with E-state index in [2.05, 4.69) is 39.6 Å². The highest BCUT2D eigenvalue weighted by atomic mass is 19.1. The molecular formula is C18H16FN3O. The molecule has 3 aromatic rings. The highest BCUT2D eigenvalue weighted by molar-refractivity contribution is 5.90. The minimum Gasteiger partial charge on any atom is -0.494 e. The van der Waals surface area contributed by atoms with Crippen LogP contribution < -0.4 is 10.1 Å². The third kappa shape index (κ3) is 2.38. The van der Waals surface area contributed by atoms with E-state index in [1.807, 2.05) is 0 Å². The number of halogens is 1. The zero-order chi connectivity index (χ0) is 15.8. The summed E-state index contributed by atoms with van der Waals surface area (Å²) in [6, 6.07) is 11.7. The van der Waals surface area contributed by atoms with Gasteiger partial charge >= 0.3 is 0 Å². The van der Waals surface area contributed by atoms with Gasteiger partial charge in [0.25, 0.3) is 0 Å². The van der Waals surface area contributed by atoms with Gasteiger partial charge in [0.1, 0.15) is 12.1 Å². The zero-order valence-electron chi connectivity index (χ0n) is 12.7. The van der Waals surface area contributed by atoms with Crippen LogP contribution in [-0.2, 0) is 6.42 Å². The van der Waals surface area contributed by atoms with E-state index in [9.17, 15) is 4.39 Å². The van der Waals surface area contributed by atoms with Crippen LogP contribution in [0.3, 0.4) is 0 Å². The lowest BCUT2D eigenvalue weighted by molar-refractivity contribution is 0.387. The van der Waals surface area contributed by atoms with E-state index in [-0.39, 0.29) is 11.8 Å². The van der Waals surface area contributed by atoms with Crippen molar-refractivity contribution in [3.8, 4) is 5.75 Å². The summed E-state index contributed by atoms with van der Waals surface area (Å²) in [4.78, 5) is 8.50. The van der Waals surface area contributed by atoms with E-state index in [4.69, 9.17) is 4.74 Å². The molecule has 0 spiro atoms. The lowest BCUT2D eigenvalue weighted by Crippen LogP contribution is -2.09. The number of hydrogen-bond acceptors (Lipinski definition) is 4. The highest BCUT2D eigenvalue weighted by Gasteiger charge is 2.23. The Morgan fingerprint density at radius 1 is 1.22 bits per heavy atom. The van der Waals surface area contributed by atoms with Crippen LogP contribution >= 0.6 is 0 Å². The maximum Gasteiger partial charge on any atom is 0.167 e. The van der Waals surface area contributed by atoms with Gasteiger partial charge in [-0.25, -0.2) is 14.4 Å². The SMILES string of the molecule is COc1cc2c(NC3CCc4ccccc43)ncnc2cc1F. The molecule has 2 aromatic carbocycles. The molecule has 1 aliphatic carbocycles. The maximum atomic E-state index is 13.8. The van der Waals surface area contributed by atoms with Crippen molar-refractivity contribution in [1.82, 2.24) is 9.97 Å². The lowest BCUT2D eigenvalue weighted by Gasteiger charge is -2.16. The van der Waals surface area contributed by atoms with Gasteiger partial charge in [0, 0.05) is 11.5 Å². The average Bonchev–Trinajstić information content (AvgIpc) is 2.98. The Morgan fingerprint density at radius 3 is 2.96 bits per heavy atom. The highest BCUT2D eigenvalue weighted by Crippen LogP contribution is 2.35. The number of nitrogens with one attached hydrogen (secondary N) is 1. The van der Waals surface area contributed by atoms with E-state index >= 15 is 0 Å². The van der Waals surface area contributed by atoms with Crippen LogP contribution in [0.1, 0.15) is 23.6 Å². The number of benzene rings is 2. The van der Waals surface area contributed by atoms with Gasteiger partial charge in [-0.15, -0.1) is 0 Å². The number of anilines is 1. The monoisotopic (exact) mass is 309 g/mol. The van der Waals surface area contributed by atoms with Crippen molar-refractivity contribution in [1.29, 1.82) is 0 Å². The van der Waals surface area contributed by atoms with Gasteiger partial charge in [0.05, 0.1) is 18.7 Å². The Morgan fingerprint density at radius 2 is 2.09 bits per heavy atom. The normalized spacial score (nSPS) is 16.3. The molecule has 0 radical (unpaired) electrons. The van der Waals surface area contributed by atoms with Crippen molar-refractivity contribution in [2.24, 2.45) is 0 Å². The van der Waals surface area contributed by atoms with Crippen LogP contribution in [0, 0.1) is 5.82 Å². The predicted octanol–water partition coefficient (Wildman–Crippen LogP) is 3.88. The summed E-state index contributed by atoms with van der Waals surface area (Å²) < 4.78 is 18.9. The number of hydrogen-bond donors (Lipinski definition) is 1. The molecule has 1 aromatic heterocycles. The molecular weight excluding hydrogens is 293 g/mol. The number of methoxy groups -OCH3 is 1. The quantitative estimate of drug-likeness (QED) is 0.797. The second-order valence-corrected chi connectivity index (χ2v) is 5.66. The number of rotatable bonds is 3. The molecule has 0 aliphatic heterocycles. The first-order valence-electron chi connectivity index (χ1n) is 7.59. The standard InChI is InChI=1S/C18H16FN3O/c1-23-17-8-13-16(9-14(17)19)20-10-21-18(13)22-15-7-6-11-4-2-3-5-12(11)15/h2-5,8-10,15H,6-7H2,1H3,(H,20,21,22). The smallest absolute Gasteiger partial charge is 0.167 e. The van der Waals surface area contributed by atoms with E-state index in [1.165, 1.54) is 30.6 Å². The third-order valence-corrected chi connectivity index (χ3v) is 4.35. The summed E-state index contributed by atoms with van der Waals surface area (Å²) in [5.74, 6) is 0.480. The summed E-state index contributed by atoms with van der Waals surface area (Å²) in [5, 5.41) is 4.24. The molecule has 1 heterocycles. The molecule has 0 saturated heterocycles. The number of aromatic nitrogens is 2. The molecule has 116 valence electrons. The maximum absolute atomic E-state index is 13.8. The van der Waals surface area contributed by atoms with Crippen molar-refractivity contribution in [2.75, 3.05) is 12.4 Å². The van der Waals surface area contributed by atoms with Gasteiger partial charge < -0.3 is 10.1 Å². The van der Waals surface area contributed by atoms with Crippen LogP contribution in [0.15, 0.2) is 42.7 Å². The minimum atomic E-state index is -0.420. The first-order chi connectivity index (χ1) is 11.3. The van der Waals surface area contributed by atoms with Crippen LogP contribution in [0.4, 0.5) is 10.2 Å². The Labute approximate surface area is 133 Å². The van der Waals surface area contributed by atoms with Crippen LogP contribution in [0.25, 0.3) is 10.9 Å². The Kier molecular flexibility index (Phi) is 3.33.